The summed E-state index contributed by atoms with van der Waals surface area (Å²) in [4.78, 5) is 16.8. The molecule has 22 heavy (non-hydrogen) atoms. The third kappa shape index (κ3) is 3.36. The molecular weight excluding hydrogens is 278 g/mol. The Bertz CT molecular complexity index is 663. The van der Waals surface area contributed by atoms with Gasteiger partial charge < -0.3 is 14.6 Å². The van der Waals surface area contributed by atoms with E-state index in [0.29, 0.717) is 6.61 Å². The molecule has 0 bridgehead atoms. The lowest BCUT2D eigenvalue weighted by Gasteiger charge is -2.18. The molecule has 0 aliphatic carbocycles. The van der Waals surface area contributed by atoms with E-state index in [1.54, 1.807) is 13.0 Å². The number of rotatable bonds is 7. The van der Waals surface area contributed by atoms with Crippen molar-refractivity contribution in [3.63, 3.8) is 0 Å². The fourth-order valence-corrected chi connectivity index (χ4v) is 2.44. The number of imidazole rings is 1. The summed E-state index contributed by atoms with van der Waals surface area (Å²) in [5.41, 5.74) is 2.02. The number of ether oxygens (including phenoxy) is 1. The predicted octanol–water partition coefficient (Wildman–Crippen LogP) is 2.82. The van der Waals surface area contributed by atoms with E-state index in [1.807, 2.05) is 31.2 Å². The topological polar surface area (TPSA) is 56.1 Å². The van der Waals surface area contributed by atoms with Gasteiger partial charge in [0.25, 0.3) is 0 Å². The van der Waals surface area contributed by atoms with E-state index in [0.717, 1.165) is 23.4 Å². The molecule has 0 aliphatic heterocycles. The number of benzene rings is 1. The van der Waals surface area contributed by atoms with Gasteiger partial charge in [0, 0.05) is 6.54 Å². The summed E-state index contributed by atoms with van der Waals surface area (Å²) in [5, 5.41) is 2.96. The highest BCUT2D eigenvalue weighted by atomic mass is 16.5. The van der Waals surface area contributed by atoms with Crippen molar-refractivity contribution in [2.45, 2.75) is 39.5 Å². The Hall–Kier alpha value is -2.14. The lowest BCUT2D eigenvalue weighted by molar-refractivity contribution is -0.131. The zero-order chi connectivity index (χ0) is 16.1. The van der Waals surface area contributed by atoms with E-state index in [2.05, 4.69) is 28.4 Å². The van der Waals surface area contributed by atoms with Crippen LogP contribution in [0.25, 0.3) is 11.0 Å². The van der Waals surface area contributed by atoms with Crippen LogP contribution in [-0.2, 0) is 16.1 Å². The van der Waals surface area contributed by atoms with Crippen LogP contribution < -0.4 is 5.32 Å². The number of fused-ring (bicyclic) bond motifs is 1. The van der Waals surface area contributed by atoms with Crippen LogP contribution in [0.5, 0.6) is 0 Å². The van der Waals surface area contributed by atoms with Crippen molar-refractivity contribution in [3.8, 4) is 0 Å². The van der Waals surface area contributed by atoms with E-state index >= 15 is 0 Å². The second-order valence-electron chi connectivity index (χ2n) is 5.20. The Kier molecular flexibility index (Phi) is 5.33. The molecule has 1 aromatic heterocycles. The standard InChI is InChI=1S/C17H23N3O2/c1-5-11-22-13(4)17(21)18-12(3)16-19-14-9-7-8-10-15(14)20(16)6-2/h5,7-10,12-13H,1,6,11H2,2-4H3,(H,18,21). The first kappa shape index (κ1) is 16.2. The first-order valence-corrected chi connectivity index (χ1v) is 7.56. The quantitative estimate of drug-likeness (QED) is 0.800. The van der Waals surface area contributed by atoms with Gasteiger partial charge in [-0.25, -0.2) is 4.98 Å². The van der Waals surface area contributed by atoms with Crippen molar-refractivity contribution in [2.75, 3.05) is 6.61 Å². The molecule has 1 heterocycles. The molecule has 0 spiro atoms. The summed E-state index contributed by atoms with van der Waals surface area (Å²) in [6.45, 7) is 10.5. The molecule has 1 N–H and O–H groups in total. The average Bonchev–Trinajstić information content (AvgIpc) is 2.91. The van der Waals surface area contributed by atoms with Gasteiger partial charge in [0.15, 0.2) is 0 Å². The summed E-state index contributed by atoms with van der Waals surface area (Å²) in [6.07, 6.45) is 1.11. The molecule has 0 radical (unpaired) electrons. The van der Waals surface area contributed by atoms with Crippen LogP contribution in [0.1, 0.15) is 32.6 Å². The van der Waals surface area contributed by atoms with E-state index in [9.17, 15) is 4.79 Å². The second kappa shape index (κ2) is 7.22. The van der Waals surface area contributed by atoms with Crippen molar-refractivity contribution in [1.29, 1.82) is 0 Å². The summed E-state index contributed by atoms with van der Waals surface area (Å²) in [5.74, 6) is 0.706. The minimum absolute atomic E-state index is 0.149. The number of hydrogen-bond donors (Lipinski definition) is 1. The Balaban J connectivity index is 2.17. The van der Waals surface area contributed by atoms with E-state index in [1.165, 1.54) is 0 Å². The molecule has 1 aromatic carbocycles. The second-order valence-corrected chi connectivity index (χ2v) is 5.20. The maximum atomic E-state index is 12.1. The largest absolute Gasteiger partial charge is 0.365 e. The number of nitrogens with zero attached hydrogens (tertiary/aromatic N) is 2. The molecular formula is C17H23N3O2. The zero-order valence-corrected chi connectivity index (χ0v) is 13.4. The van der Waals surface area contributed by atoms with Crippen LogP contribution in [0.3, 0.4) is 0 Å². The van der Waals surface area contributed by atoms with E-state index < -0.39 is 6.10 Å². The van der Waals surface area contributed by atoms with Gasteiger partial charge in [0.05, 0.1) is 23.7 Å². The highest BCUT2D eigenvalue weighted by Crippen LogP contribution is 2.20. The number of aromatic nitrogens is 2. The number of hydrogen-bond acceptors (Lipinski definition) is 3. The summed E-state index contributed by atoms with van der Waals surface area (Å²) >= 11 is 0. The molecule has 0 saturated heterocycles. The van der Waals surface area contributed by atoms with Crippen molar-refractivity contribution in [1.82, 2.24) is 14.9 Å². The minimum atomic E-state index is -0.514. The Labute approximate surface area is 131 Å². The van der Waals surface area contributed by atoms with Gasteiger partial charge in [-0.15, -0.1) is 6.58 Å². The summed E-state index contributed by atoms with van der Waals surface area (Å²) in [6, 6.07) is 7.80. The normalized spacial score (nSPS) is 13.8. The number of aryl methyl sites for hydroxylation is 1. The Morgan fingerprint density at radius 2 is 2.18 bits per heavy atom. The van der Waals surface area contributed by atoms with Crippen molar-refractivity contribution >= 4 is 16.9 Å². The minimum Gasteiger partial charge on any atom is -0.365 e. The molecule has 2 atom stereocenters. The van der Waals surface area contributed by atoms with Gasteiger partial charge in [0.1, 0.15) is 11.9 Å². The number of carbonyl (C=O) groups is 1. The molecule has 5 heteroatoms. The van der Waals surface area contributed by atoms with Gasteiger partial charge in [-0.1, -0.05) is 18.2 Å². The van der Waals surface area contributed by atoms with Crippen LogP contribution in [0, 0.1) is 0 Å². The average molecular weight is 301 g/mol. The van der Waals surface area contributed by atoms with Crippen molar-refractivity contribution in [2.24, 2.45) is 0 Å². The van der Waals surface area contributed by atoms with Gasteiger partial charge >= 0.3 is 0 Å². The molecule has 2 rings (SSSR count). The van der Waals surface area contributed by atoms with Crippen LogP contribution in [0.4, 0.5) is 0 Å². The molecule has 0 saturated carbocycles. The summed E-state index contributed by atoms with van der Waals surface area (Å²) < 4.78 is 7.47. The van der Waals surface area contributed by atoms with E-state index in [-0.39, 0.29) is 11.9 Å². The lowest BCUT2D eigenvalue weighted by Crippen LogP contribution is -2.37. The predicted molar refractivity (Wildman–Crippen MR) is 87.6 cm³/mol. The fourth-order valence-electron chi connectivity index (χ4n) is 2.44. The number of nitrogens with one attached hydrogen (secondary N) is 1. The molecule has 118 valence electrons. The number of carbonyl (C=O) groups excluding carboxylic acids is 1. The first-order valence-electron chi connectivity index (χ1n) is 7.56. The molecule has 0 fully saturated rings. The Morgan fingerprint density at radius 3 is 2.86 bits per heavy atom. The molecule has 2 aromatic rings. The highest BCUT2D eigenvalue weighted by Gasteiger charge is 2.20. The van der Waals surface area contributed by atoms with Crippen LogP contribution in [0.15, 0.2) is 36.9 Å². The van der Waals surface area contributed by atoms with Crippen LogP contribution >= 0.6 is 0 Å². The zero-order valence-electron chi connectivity index (χ0n) is 13.4. The van der Waals surface area contributed by atoms with Gasteiger partial charge in [-0.05, 0) is 32.9 Å². The van der Waals surface area contributed by atoms with Crippen molar-refractivity contribution < 1.29 is 9.53 Å². The van der Waals surface area contributed by atoms with Crippen LogP contribution in [-0.4, -0.2) is 28.2 Å². The maximum Gasteiger partial charge on any atom is 0.249 e. The SMILES string of the molecule is C=CCOC(C)C(=O)NC(C)c1nc2ccccc2n1CC. The van der Waals surface area contributed by atoms with Crippen LogP contribution in [0.2, 0.25) is 0 Å². The molecule has 1 amide bonds. The number of para-hydroxylation sites is 2. The van der Waals surface area contributed by atoms with Gasteiger partial charge in [0.2, 0.25) is 5.91 Å². The summed E-state index contributed by atoms with van der Waals surface area (Å²) in [7, 11) is 0. The third-order valence-electron chi connectivity index (χ3n) is 3.58. The monoisotopic (exact) mass is 301 g/mol. The lowest BCUT2D eigenvalue weighted by atomic mass is 10.2. The smallest absolute Gasteiger partial charge is 0.249 e. The highest BCUT2D eigenvalue weighted by molar-refractivity contribution is 5.81. The molecule has 2 unspecified atom stereocenters. The Morgan fingerprint density at radius 1 is 1.45 bits per heavy atom. The molecule has 0 aliphatic rings. The number of amides is 1. The first-order chi connectivity index (χ1) is 10.6. The third-order valence-corrected chi connectivity index (χ3v) is 3.58. The van der Waals surface area contributed by atoms with Gasteiger partial charge in [-0.3, -0.25) is 4.79 Å². The fraction of sp³-hybridized carbons (Fsp3) is 0.412. The van der Waals surface area contributed by atoms with E-state index in [4.69, 9.17) is 4.74 Å². The maximum absolute atomic E-state index is 12.1. The van der Waals surface area contributed by atoms with Crippen molar-refractivity contribution in [3.05, 3.63) is 42.7 Å². The molecule has 5 nitrogen and oxygen atoms in total. The van der Waals surface area contributed by atoms with Gasteiger partial charge in [-0.2, -0.15) is 0 Å².